The number of ether oxygens (including phenoxy) is 1. The lowest BCUT2D eigenvalue weighted by molar-refractivity contribution is 0.241. The maximum Gasteiger partial charge on any atom is 0.197 e. The van der Waals surface area contributed by atoms with Crippen molar-refractivity contribution in [2.24, 2.45) is 0 Å². The van der Waals surface area contributed by atoms with E-state index in [1.165, 1.54) is 24.3 Å². The fraction of sp³-hybridized carbons (Fsp3) is 0.167. The first-order chi connectivity index (χ1) is 10.9. The second-order valence-electron chi connectivity index (χ2n) is 5.50. The number of aromatic hydroxyl groups is 2. The van der Waals surface area contributed by atoms with Gasteiger partial charge in [-0.15, -0.1) is 0 Å². The molecule has 23 heavy (non-hydrogen) atoms. The van der Waals surface area contributed by atoms with Crippen LogP contribution in [0.2, 0.25) is 0 Å². The zero-order chi connectivity index (χ0) is 16.6. The van der Waals surface area contributed by atoms with Gasteiger partial charge in [0.25, 0.3) is 0 Å². The Morgan fingerprint density at radius 2 is 1.74 bits per heavy atom. The second kappa shape index (κ2) is 5.68. The molecule has 0 radical (unpaired) electrons. The number of hydrogen-bond acceptors (Lipinski definition) is 5. The van der Waals surface area contributed by atoms with E-state index < -0.39 is 0 Å². The van der Waals surface area contributed by atoms with E-state index in [-0.39, 0.29) is 34.0 Å². The van der Waals surface area contributed by atoms with Crippen molar-refractivity contribution < 1.29 is 19.4 Å². The molecule has 0 spiro atoms. The molecule has 1 aromatic heterocycles. The molecule has 118 valence electrons. The Morgan fingerprint density at radius 1 is 1.04 bits per heavy atom. The molecule has 5 heteroatoms. The fourth-order valence-corrected chi connectivity index (χ4v) is 2.35. The van der Waals surface area contributed by atoms with Crippen LogP contribution < -0.4 is 10.2 Å². The summed E-state index contributed by atoms with van der Waals surface area (Å²) in [6.07, 6.45) is -0.0705. The van der Waals surface area contributed by atoms with Gasteiger partial charge in [0.2, 0.25) is 0 Å². The molecular weight excluding hydrogens is 296 g/mol. The van der Waals surface area contributed by atoms with Crippen molar-refractivity contribution in [3.8, 4) is 28.6 Å². The van der Waals surface area contributed by atoms with Crippen LogP contribution in [0.4, 0.5) is 0 Å². The Morgan fingerprint density at radius 3 is 2.39 bits per heavy atom. The average Bonchev–Trinajstić information content (AvgIpc) is 2.46. The molecule has 2 aromatic carbocycles. The number of rotatable bonds is 3. The maximum absolute atomic E-state index is 12.3. The quantitative estimate of drug-likeness (QED) is 0.771. The minimum absolute atomic E-state index is 0.0705. The third kappa shape index (κ3) is 2.99. The molecule has 0 saturated carbocycles. The largest absolute Gasteiger partial charge is 0.508 e. The number of fused-ring (bicyclic) bond motifs is 1. The summed E-state index contributed by atoms with van der Waals surface area (Å²) in [6, 6.07) is 10.6. The molecule has 2 N–H and O–H groups in total. The van der Waals surface area contributed by atoms with Gasteiger partial charge >= 0.3 is 0 Å². The van der Waals surface area contributed by atoms with Crippen molar-refractivity contribution in [2.75, 3.05) is 0 Å². The van der Waals surface area contributed by atoms with Crippen LogP contribution in [0.1, 0.15) is 13.8 Å². The van der Waals surface area contributed by atoms with Gasteiger partial charge in [0.1, 0.15) is 34.0 Å². The Balaban J connectivity index is 2.19. The Bertz CT molecular complexity index is 907. The van der Waals surface area contributed by atoms with E-state index in [2.05, 4.69) is 0 Å². The van der Waals surface area contributed by atoms with Crippen LogP contribution in [-0.4, -0.2) is 16.3 Å². The van der Waals surface area contributed by atoms with E-state index in [0.29, 0.717) is 17.1 Å². The van der Waals surface area contributed by atoms with Crippen molar-refractivity contribution in [1.29, 1.82) is 0 Å². The first-order valence-corrected chi connectivity index (χ1v) is 7.21. The predicted octanol–water partition coefficient (Wildman–Crippen LogP) is 3.66. The molecule has 0 amide bonds. The van der Waals surface area contributed by atoms with E-state index in [0.717, 1.165) is 0 Å². The topological polar surface area (TPSA) is 79.9 Å². The van der Waals surface area contributed by atoms with Crippen LogP contribution in [0.25, 0.3) is 22.3 Å². The predicted molar refractivity (Wildman–Crippen MR) is 87.0 cm³/mol. The monoisotopic (exact) mass is 312 g/mol. The molecule has 0 fully saturated rings. The van der Waals surface area contributed by atoms with Crippen LogP contribution in [0.3, 0.4) is 0 Å². The second-order valence-corrected chi connectivity index (χ2v) is 5.50. The molecular formula is C18H16O5. The summed E-state index contributed by atoms with van der Waals surface area (Å²) < 4.78 is 11.3. The Labute approximate surface area is 132 Å². The van der Waals surface area contributed by atoms with Gasteiger partial charge < -0.3 is 19.4 Å². The molecule has 0 aliphatic rings. The third-order valence-electron chi connectivity index (χ3n) is 3.31. The van der Waals surface area contributed by atoms with Crippen molar-refractivity contribution in [3.63, 3.8) is 0 Å². The maximum atomic E-state index is 12.3. The molecule has 3 aromatic rings. The van der Waals surface area contributed by atoms with Crippen LogP contribution in [0.5, 0.6) is 17.2 Å². The van der Waals surface area contributed by atoms with E-state index in [1.54, 1.807) is 18.2 Å². The van der Waals surface area contributed by atoms with Crippen molar-refractivity contribution >= 4 is 11.0 Å². The summed E-state index contributed by atoms with van der Waals surface area (Å²) in [7, 11) is 0. The van der Waals surface area contributed by atoms with E-state index >= 15 is 0 Å². The highest BCUT2D eigenvalue weighted by Gasteiger charge is 2.13. The minimum Gasteiger partial charge on any atom is -0.508 e. The first-order valence-electron chi connectivity index (χ1n) is 7.21. The van der Waals surface area contributed by atoms with Gasteiger partial charge in [0, 0.05) is 23.8 Å². The highest BCUT2D eigenvalue weighted by molar-refractivity contribution is 5.86. The molecule has 0 aliphatic heterocycles. The van der Waals surface area contributed by atoms with Crippen LogP contribution >= 0.6 is 0 Å². The average molecular weight is 312 g/mol. The Kier molecular flexibility index (Phi) is 3.70. The summed E-state index contributed by atoms with van der Waals surface area (Å²) in [5.41, 5.74) is 0.551. The Hall–Kier alpha value is -2.95. The zero-order valence-corrected chi connectivity index (χ0v) is 12.7. The summed E-state index contributed by atoms with van der Waals surface area (Å²) in [5.74, 6) is 0.728. The van der Waals surface area contributed by atoms with Crippen LogP contribution in [0, 0.1) is 0 Å². The normalized spacial score (nSPS) is 11.1. The molecule has 3 rings (SSSR count). The lowest BCUT2D eigenvalue weighted by atomic mass is 10.1. The summed E-state index contributed by atoms with van der Waals surface area (Å²) >= 11 is 0. The standard InChI is InChI=1S/C18H16O5/c1-10(2)22-13-7-14(20)18-15(21)9-16(23-17(18)8-13)11-3-5-12(19)6-4-11/h3-10,19-20H,1-2H3. The molecule has 0 atom stereocenters. The number of phenols is 2. The molecule has 5 nitrogen and oxygen atoms in total. The van der Waals surface area contributed by atoms with Gasteiger partial charge in [-0.1, -0.05) is 0 Å². The van der Waals surface area contributed by atoms with Crippen molar-refractivity contribution in [3.05, 3.63) is 52.7 Å². The van der Waals surface area contributed by atoms with Gasteiger partial charge in [-0.25, -0.2) is 0 Å². The minimum atomic E-state index is -0.345. The van der Waals surface area contributed by atoms with Crippen molar-refractivity contribution in [1.82, 2.24) is 0 Å². The van der Waals surface area contributed by atoms with Crippen LogP contribution in [-0.2, 0) is 0 Å². The van der Waals surface area contributed by atoms with Gasteiger partial charge in [-0.05, 0) is 38.1 Å². The fourth-order valence-electron chi connectivity index (χ4n) is 2.35. The third-order valence-corrected chi connectivity index (χ3v) is 3.31. The number of benzene rings is 2. The summed E-state index contributed by atoms with van der Waals surface area (Å²) in [4.78, 5) is 12.3. The van der Waals surface area contributed by atoms with Crippen LogP contribution in [0.15, 0.2) is 51.7 Å². The first kappa shape index (κ1) is 15.0. The molecule has 0 unspecified atom stereocenters. The zero-order valence-electron chi connectivity index (χ0n) is 12.7. The number of hydrogen-bond donors (Lipinski definition) is 2. The molecule has 0 aliphatic carbocycles. The lowest BCUT2D eigenvalue weighted by Crippen LogP contribution is -2.06. The van der Waals surface area contributed by atoms with Crippen molar-refractivity contribution in [2.45, 2.75) is 20.0 Å². The highest BCUT2D eigenvalue weighted by Crippen LogP contribution is 2.31. The van der Waals surface area contributed by atoms with E-state index in [9.17, 15) is 15.0 Å². The summed E-state index contributed by atoms with van der Waals surface area (Å²) in [5, 5.41) is 19.5. The highest BCUT2D eigenvalue weighted by atomic mass is 16.5. The molecule has 1 heterocycles. The lowest BCUT2D eigenvalue weighted by Gasteiger charge is -2.11. The van der Waals surface area contributed by atoms with Gasteiger partial charge in [0.05, 0.1) is 6.10 Å². The van der Waals surface area contributed by atoms with E-state index in [1.807, 2.05) is 13.8 Å². The summed E-state index contributed by atoms with van der Waals surface area (Å²) in [6.45, 7) is 3.73. The molecule has 0 saturated heterocycles. The van der Waals surface area contributed by atoms with Gasteiger partial charge in [0.15, 0.2) is 5.43 Å². The van der Waals surface area contributed by atoms with Gasteiger partial charge in [-0.3, -0.25) is 4.79 Å². The smallest absolute Gasteiger partial charge is 0.197 e. The SMILES string of the molecule is CC(C)Oc1cc(O)c2c(=O)cc(-c3ccc(O)cc3)oc2c1. The number of phenolic OH excluding ortho intramolecular Hbond substituents is 2. The van der Waals surface area contributed by atoms with E-state index in [4.69, 9.17) is 9.15 Å². The van der Waals surface area contributed by atoms with Gasteiger partial charge in [-0.2, -0.15) is 0 Å². The molecule has 0 bridgehead atoms.